The summed E-state index contributed by atoms with van der Waals surface area (Å²) in [6.45, 7) is 9.53. The number of hydrogen-bond donors (Lipinski definition) is 2. The van der Waals surface area contributed by atoms with Gasteiger partial charge in [-0.2, -0.15) is 0 Å². The molecule has 0 radical (unpaired) electrons. The second-order valence-corrected chi connectivity index (χ2v) is 7.59. The number of nitrogens with one attached hydrogen (secondary N) is 2. The predicted molar refractivity (Wildman–Crippen MR) is 107 cm³/mol. The highest BCUT2D eigenvalue weighted by Crippen LogP contribution is 2.17. The molecule has 1 aromatic carbocycles. The molecule has 2 N–H and O–H groups in total. The van der Waals surface area contributed by atoms with Crippen LogP contribution in [0, 0.1) is 11.8 Å². The lowest BCUT2D eigenvalue weighted by molar-refractivity contribution is -0.126. The number of carbonyl (C=O) groups excluding carboxylic acids is 2. The third-order valence-electron chi connectivity index (χ3n) is 5.31. The van der Waals surface area contributed by atoms with E-state index in [0.717, 1.165) is 18.7 Å². The molecule has 27 heavy (non-hydrogen) atoms. The number of hydrogen-bond acceptors (Lipinski definition) is 4. The number of ether oxygens (including phenoxy) is 1. The van der Waals surface area contributed by atoms with Gasteiger partial charge in [0.15, 0.2) is 0 Å². The number of amides is 2. The summed E-state index contributed by atoms with van der Waals surface area (Å²) in [6, 6.07) is 7.51. The number of benzene rings is 1. The van der Waals surface area contributed by atoms with Crippen LogP contribution in [-0.4, -0.2) is 55.1 Å². The molecule has 3 rings (SSSR count). The van der Waals surface area contributed by atoms with Gasteiger partial charge in [-0.1, -0.05) is 19.1 Å². The van der Waals surface area contributed by atoms with Gasteiger partial charge in [-0.25, -0.2) is 0 Å². The van der Waals surface area contributed by atoms with Crippen LogP contribution in [0.15, 0.2) is 24.3 Å². The van der Waals surface area contributed by atoms with Crippen molar-refractivity contribution in [3.63, 3.8) is 0 Å². The van der Waals surface area contributed by atoms with Crippen molar-refractivity contribution in [1.82, 2.24) is 15.5 Å². The largest absolute Gasteiger partial charge is 0.372 e. The van der Waals surface area contributed by atoms with Crippen LogP contribution in [-0.2, 0) is 16.1 Å². The molecule has 6 nitrogen and oxygen atoms in total. The van der Waals surface area contributed by atoms with Crippen LogP contribution in [0.3, 0.4) is 0 Å². The van der Waals surface area contributed by atoms with Crippen molar-refractivity contribution < 1.29 is 14.3 Å². The molecule has 3 unspecified atom stereocenters. The second kappa shape index (κ2) is 9.53. The first-order valence-electron chi connectivity index (χ1n) is 9.46. The average Bonchev–Trinajstić information content (AvgIpc) is 2.57. The summed E-state index contributed by atoms with van der Waals surface area (Å²) >= 11 is 0. The van der Waals surface area contributed by atoms with Crippen LogP contribution < -0.4 is 10.6 Å². The molecule has 0 aromatic heterocycles. The van der Waals surface area contributed by atoms with E-state index in [-0.39, 0.29) is 42.3 Å². The fourth-order valence-corrected chi connectivity index (χ4v) is 3.52. The second-order valence-electron chi connectivity index (χ2n) is 7.59. The van der Waals surface area contributed by atoms with E-state index in [9.17, 15) is 9.59 Å². The van der Waals surface area contributed by atoms with E-state index < -0.39 is 0 Å². The van der Waals surface area contributed by atoms with Crippen LogP contribution >= 0.6 is 12.4 Å². The molecule has 0 bridgehead atoms. The standard InChI is InChI=1S/C20H29N3O3.ClH/c1-13-11-23(12-14(2)26-13)20(25)17-6-4-16(5-7-17)8-22-19(24)15(3)18-9-21-10-18;/h4-7,13-15,18,21H,8-12H2,1-3H3,(H,22,24);1H. The molecule has 0 spiro atoms. The number of rotatable bonds is 5. The van der Waals surface area contributed by atoms with Crippen LogP contribution in [0.25, 0.3) is 0 Å². The van der Waals surface area contributed by atoms with Crippen LogP contribution in [0.4, 0.5) is 0 Å². The first-order chi connectivity index (χ1) is 12.4. The normalized spacial score (nSPS) is 23.7. The number of halogens is 1. The molecule has 7 heteroatoms. The fourth-order valence-electron chi connectivity index (χ4n) is 3.52. The van der Waals surface area contributed by atoms with Crippen molar-refractivity contribution in [2.45, 2.75) is 39.5 Å². The Hall–Kier alpha value is -1.63. The molecule has 2 amide bonds. The van der Waals surface area contributed by atoms with Crippen molar-refractivity contribution in [2.75, 3.05) is 26.2 Å². The van der Waals surface area contributed by atoms with Crippen molar-refractivity contribution in [3.8, 4) is 0 Å². The van der Waals surface area contributed by atoms with Gasteiger partial charge in [0.05, 0.1) is 12.2 Å². The molecule has 2 heterocycles. The molecule has 2 fully saturated rings. The minimum absolute atomic E-state index is 0. The Kier molecular flexibility index (Phi) is 7.65. The highest BCUT2D eigenvalue weighted by molar-refractivity contribution is 5.94. The van der Waals surface area contributed by atoms with Crippen LogP contribution in [0.1, 0.15) is 36.7 Å². The highest BCUT2D eigenvalue weighted by atomic mass is 35.5. The van der Waals surface area contributed by atoms with Gasteiger partial charge >= 0.3 is 0 Å². The van der Waals surface area contributed by atoms with Gasteiger partial charge in [0.1, 0.15) is 0 Å². The van der Waals surface area contributed by atoms with Gasteiger partial charge in [-0.3, -0.25) is 9.59 Å². The molecule has 2 aliphatic heterocycles. The van der Waals surface area contributed by atoms with E-state index in [2.05, 4.69) is 10.6 Å². The van der Waals surface area contributed by atoms with E-state index in [1.54, 1.807) is 0 Å². The maximum absolute atomic E-state index is 12.7. The Balaban J connectivity index is 0.00000261. The minimum atomic E-state index is 0. The maximum Gasteiger partial charge on any atom is 0.254 e. The van der Waals surface area contributed by atoms with Crippen LogP contribution in [0.5, 0.6) is 0 Å². The van der Waals surface area contributed by atoms with Crippen molar-refractivity contribution >= 4 is 24.2 Å². The monoisotopic (exact) mass is 395 g/mol. The van der Waals surface area contributed by atoms with Gasteiger partial charge in [0.2, 0.25) is 5.91 Å². The van der Waals surface area contributed by atoms with Crippen molar-refractivity contribution in [1.29, 1.82) is 0 Å². The quantitative estimate of drug-likeness (QED) is 0.798. The molecule has 3 atom stereocenters. The third-order valence-corrected chi connectivity index (χ3v) is 5.31. The van der Waals surface area contributed by atoms with E-state index in [4.69, 9.17) is 4.74 Å². The van der Waals surface area contributed by atoms with E-state index in [0.29, 0.717) is 31.1 Å². The Labute approximate surface area is 167 Å². The first-order valence-corrected chi connectivity index (χ1v) is 9.46. The number of morpholine rings is 1. The van der Waals surface area contributed by atoms with E-state index in [1.165, 1.54) is 0 Å². The molecular weight excluding hydrogens is 366 g/mol. The molecule has 1 aromatic rings. The number of carbonyl (C=O) groups is 2. The third kappa shape index (κ3) is 5.43. The lowest BCUT2D eigenvalue weighted by Gasteiger charge is -2.35. The summed E-state index contributed by atoms with van der Waals surface area (Å²) in [5.41, 5.74) is 1.67. The molecular formula is C20H30ClN3O3. The van der Waals surface area contributed by atoms with Gasteiger partial charge in [0.25, 0.3) is 5.91 Å². The SMILES string of the molecule is CC1CN(C(=O)c2ccc(CNC(=O)C(C)C3CNC3)cc2)CC(C)O1.Cl. The Morgan fingerprint density at radius 2 is 1.78 bits per heavy atom. The summed E-state index contributed by atoms with van der Waals surface area (Å²) in [5.74, 6) is 0.595. The van der Waals surface area contributed by atoms with Crippen molar-refractivity contribution in [3.05, 3.63) is 35.4 Å². The molecule has 2 aliphatic rings. The summed E-state index contributed by atoms with van der Waals surface area (Å²) in [7, 11) is 0. The fraction of sp³-hybridized carbons (Fsp3) is 0.600. The number of nitrogens with zero attached hydrogens (tertiary/aromatic N) is 1. The van der Waals surface area contributed by atoms with E-state index >= 15 is 0 Å². The minimum Gasteiger partial charge on any atom is -0.372 e. The van der Waals surface area contributed by atoms with Gasteiger partial charge in [-0.05, 0) is 50.6 Å². The zero-order chi connectivity index (χ0) is 18.7. The van der Waals surface area contributed by atoms with Gasteiger partial charge < -0.3 is 20.3 Å². The lowest BCUT2D eigenvalue weighted by Crippen LogP contribution is -2.49. The lowest BCUT2D eigenvalue weighted by atomic mass is 9.88. The topological polar surface area (TPSA) is 70.7 Å². The maximum atomic E-state index is 12.7. The summed E-state index contributed by atoms with van der Waals surface area (Å²) in [6.07, 6.45) is 0.120. The molecule has 0 aliphatic carbocycles. The molecule has 2 saturated heterocycles. The van der Waals surface area contributed by atoms with Crippen molar-refractivity contribution in [2.24, 2.45) is 11.8 Å². The van der Waals surface area contributed by atoms with Crippen LogP contribution in [0.2, 0.25) is 0 Å². The predicted octanol–water partition coefficient (Wildman–Crippen LogP) is 1.83. The Bertz CT molecular complexity index is 638. The van der Waals surface area contributed by atoms with Gasteiger partial charge in [-0.15, -0.1) is 12.4 Å². The highest BCUT2D eigenvalue weighted by Gasteiger charge is 2.28. The summed E-state index contributed by atoms with van der Waals surface area (Å²) in [5, 5.41) is 6.19. The average molecular weight is 396 g/mol. The zero-order valence-electron chi connectivity index (χ0n) is 16.2. The summed E-state index contributed by atoms with van der Waals surface area (Å²) < 4.78 is 5.69. The Morgan fingerprint density at radius 1 is 1.19 bits per heavy atom. The first kappa shape index (κ1) is 21.7. The molecule has 0 saturated carbocycles. The van der Waals surface area contributed by atoms with E-state index in [1.807, 2.05) is 49.9 Å². The smallest absolute Gasteiger partial charge is 0.254 e. The van der Waals surface area contributed by atoms with Gasteiger partial charge in [0, 0.05) is 31.1 Å². The Morgan fingerprint density at radius 3 is 2.30 bits per heavy atom. The molecule has 150 valence electrons. The summed E-state index contributed by atoms with van der Waals surface area (Å²) in [4.78, 5) is 26.7. The zero-order valence-corrected chi connectivity index (χ0v) is 17.1.